The van der Waals surface area contributed by atoms with E-state index in [2.05, 4.69) is 61.5 Å². The SMILES string of the molecule is CC(C)n1c2ccccc2c2scnc21.CCC. The molecule has 2 aromatic heterocycles. The smallest absolute Gasteiger partial charge is 0.152 e. The summed E-state index contributed by atoms with van der Waals surface area (Å²) in [4.78, 5) is 4.46. The van der Waals surface area contributed by atoms with E-state index < -0.39 is 0 Å². The lowest BCUT2D eigenvalue weighted by molar-refractivity contribution is 0.638. The third-order valence-electron chi connectivity index (χ3n) is 2.70. The Bertz CT molecular complexity index is 634. The number of thiazole rings is 1. The van der Waals surface area contributed by atoms with Gasteiger partial charge in [0.25, 0.3) is 0 Å². The molecule has 2 nitrogen and oxygen atoms in total. The Morgan fingerprint density at radius 1 is 1.22 bits per heavy atom. The zero-order valence-corrected chi connectivity index (χ0v) is 12.3. The first kappa shape index (κ1) is 13.1. The lowest BCUT2D eigenvalue weighted by Crippen LogP contribution is -1.99. The molecule has 0 atom stereocenters. The van der Waals surface area contributed by atoms with Gasteiger partial charge in [-0.25, -0.2) is 4.98 Å². The summed E-state index contributed by atoms with van der Waals surface area (Å²) in [5, 5.41) is 1.32. The van der Waals surface area contributed by atoms with E-state index in [0.717, 1.165) is 5.65 Å². The Balaban J connectivity index is 0.000000367. The predicted molar refractivity (Wildman–Crippen MR) is 81.5 cm³/mol. The van der Waals surface area contributed by atoms with Crippen LogP contribution >= 0.6 is 11.3 Å². The van der Waals surface area contributed by atoms with Crippen LogP contribution in [0.1, 0.15) is 40.2 Å². The van der Waals surface area contributed by atoms with Gasteiger partial charge in [0.1, 0.15) is 0 Å². The third-order valence-corrected chi connectivity index (χ3v) is 3.55. The number of para-hydroxylation sites is 1. The molecule has 0 bridgehead atoms. The molecule has 0 saturated carbocycles. The van der Waals surface area contributed by atoms with Gasteiger partial charge in [-0.05, 0) is 19.9 Å². The van der Waals surface area contributed by atoms with Gasteiger partial charge in [-0.1, -0.05) is 38.5 Å². The van der Waals surface area contributed by atoms with Crippen molar-refractivity contribution in [1.82, 2.24) is 9.55 Å². The molecule has 3 rings (SSSR count). The summed E-state index contributed by atoms with van der Waals surface area (Å²) in [6, 6.07) is 8.98. The molecule has 0 spiro atoms. The molecule has 0 fully saturated rings. The minimum absolute atomic E-state index is 0.453. The second kappa shape index (κ2) is 5.53. The van der Waals surface area contributed by atoms with E-state index in [0.29, 0.717) is 6.04 Å². The number of rotatable bonds is 1. The highest BCUT2D eigenvalue weighted by Gasteiger charge is 2.13. The molecule has 0 aliphatic rings. The predicted octanol–water partition coefficient (Wildman–Crippen LogP) is 5.25. The maximum absolute atomic E-state index is 4.46. The first-order chi connectivity index (χ1) is 8.70. The Hall–Kier alpha value is -1.35. The molecule has 0 aliphatic carbocycles. The van der Waals surface area contributed by atoms with Crippen LogP contribution in [0.3, 0.4) is 0 Å². The van der Waals surface area contributed by atoms with Gasteiger partial charge in [-0.2, -0.15) is 0 Å². The molecule has 3 aromatic rings. The fourth-order valence-corrected chi connectivity index (χ4v) is 2.92. The molecule has 0 radical (unpaired) electrons. The summed E-state index contributed by atoms with van der Waals surface area (Å²) in [7, 11) is 0. The monoisotopic (exact) mass is 260 g/mol. The van der Waals surface area contributed by atoms with Gasteiger partial charge in [0.05, 0.1) is 15.7 Å². The lowest BCUT2D eigenvalue weighted by atomic mass is 10.2. The lowest BCUT2D eigenvalue weighted by Gasteiger charge is -2.09. The van der Waals surface area contributed by atoms with E-state index >= 15 is 0 Å². The molecule has 18 heavy (non-hydrogen) atoms. The van der Waals surface area contributed by atoms with Crippen LogP contribution in [0.2, 0.25) is 0 Å². The third kappa shape index (κ3) is 2.15. The summed E-state index contributed by atoms with van der Waals surface area (Å²) < 4.78 is 3.61. The van der Waals surface area contributed by atoms with Gasteiger partial charge < -0.3 is 4.57 Å². The zero-order chi connectivity index (χ0) is 13.1. The number of hydrogen-bond acceptors (Lipinski definition) is 2. The van der Waals surface area contributed by atoms with Gasteiger partial charge in [0.2, 0.25) is 0 Å². The van der Waals surface area contributed by atoms with Crippen LogP contribution in [0.15, 0.2) is 29.8 Å². The van der Waals surface area contributed by atoms with Crippen molar-refractivity contribution in [3.8, 4) is 0 Å². The summed E-state index contributed by atoms with van der Waals surface area (Å²) in [5.74, 6) is 0. The van der Waals surface area contributed by atoms with Crippen LogP contribution in [0.25, 0.3) is 21.3 Å². The van der Waals surface area contributed by atoms with Gasteiger partial charge in [0.15, 0.2) is 5.65 Å². The van der Waals surface area contributed by atoms with Crippen molar-refractivity contribution in [1.29, 1.82) is 0 Å². The zero-order valence-electron chi connectivity index (χ0n) is 11.5. The average Bonchev–Trinajstić information content (AvgIpc) is 2.88. The summed E-state index contributed by atoms with van der Waals surface area (Å²) in [6.07, 6.45) is 1.25. The maximum Gasteiger partial charge on any atom is 0.152 e. The standard InChI is InChI=1S/C12H12N2S.C3H8/c1-8(2)14-10-6-4-3-5-9(10)11-12(14)13-7-15-11;1-3-2/h3-8H,1-2H3;3H2,1-2H3. The van der Waals surface area contributed by atoms with Crippen LogP contribution in [0, 0.1) is 0 Å². The highest BCUT2D eigenvalue weighted by Crippen LogP contribution is 2.33. The number of benzene rings is 1. The molecule has 0 unspecified atom stereocenters. The van der Waals surface area contributed by atoms with Crippen LogP contribution in [-0.2, 0) is 0 Å². The fraction of sp³-hybridized carbons (Fsp3) is 0.400. The van der Waals surface area contributed by atoms with E-state index in [4.69, 9.17) is 0 Å². The second-order valence-electron chi connectivity index (χ2n) is 4.69. The number of aromatic nitrogens is 2. The summed E-state index contributed by atoms with van der Waals surface area (Å²) in [5.41, 5.74) is 4.34. The van der Waals surface area contributed by atoms with E-state index in [1.54, 1.807) is 11.3 Å². The molecule has 0 N–H and O–H groups in total. The molecule has 0 amide bonds. The molecule has 1 aromatic carbocycles. The van der Waals surface area contributed by atoms with Gasteiger partial charge in [0, 0.05) is 11.4 Å². The van der Waals surface area contributed by atoms with Crippen molar-refractivity contribution < 1.29 is 0 Å². The average molecular weight is 260 g/mol. The van der Waals surface area contributed by atoms with Gasteiger partial charge >= 0.3 is 0 Å². The topological polar surface area (TPSA) is 17.8 Å². The normalized spacial score (nSPS) is 10.9. The van der Waals surface area contributed by atoms with Crippen molar-refractivity contribution in [2.75, 3.05) is 0 Å². The van der Waals surface area contributed by atoms with Crippen LogP contribution < -0.4 is 0 Å². The number of fused-ring (bicyclic) bond motifs is 3. The first-order valence-electron chi connectivity index (χ1n) is 6.52. The Morgan fingerprint density at radius 3 is 2.56 bits per heavy atom. The van der Waals surface area contributed by atoms with E-state index in [-0.39, 0.29) is 0 Å². The molecule has 0 saturated heterocycles. The summed E-state index contributed by atoms with van der Waals surface area (Å²) >= 11 is 1.72. The molecule has 0 aliphatic heterocycles. The first-order valence-corrected chi connectivity index (χ1v) is 7.40. The molecule has 2 heterocycles. The molecular weight excluding hydrogens is 240 g/mol. The number of nitrogens with zero attached hydrogens (tertiary/aromatic N) is 2. The van der Waals surface area contributed by atoms with Crippen molar-refractivity contribution in [3.05, 3.63) is 29.8 Å². The second-order valence-corrected chi connectivity index (χ2v) is 5.55. The Labute approximate surface area is 112 Å². The van der Waals surface area contributed by atoms with E-state index in [1.165, 1.54) is 22.0 Å². The van der Waals surface area contributed by atoms with Crippen LogP contribution in [-0.4, -0.2) is 9.55 Å². The highest BCUT2D eigenvalue weighted by atomic mass is 32.1. The fourth-order valence-electron chi connectivity index (χ4n) is 2.11. The number of hydrogen-bond donors (Lipinski definition) is 0. The van der Waals surface area contributed by atoms with E-state index in [9.17, 15) is 0 Å². The van der Waals surface area contributed by atoms with Crippen molar-refractivity contribution in [2.24, 2.45) is 0 Å². The molecule has 3 heteroatoms. The van der Waals surface area contributed by atoms with Crippen LogP contribution in [0.4, 0.5) is 0 Å². The highest BCUT2D eigenvalue weighted by molar-refractivity contribution is 7.17. The van der Waals surface area contributed by atoms with Crippen molar-refractivity contribution in [2.45, 2.75) is 40.2 Å². The maximum atomic E-state index is 4.46. The van der Waals surface area contributed by atoms with E-state index in [1.807, 2.05) is 5.51 Å². The largest absolute Gasteiger partial charge is 0.322 e. The van der Waals surface area contributed by atoms with Gasteiger partial charge in [-0.3, -0.25) is 0 Å². The Morgan fingerprint density at radius 2 is 1.89 bits per heavy atom. The Kier molecular flexibility index (Phi) is 4.02. The van der Waals surface area contributed by atoms with Crippen molar-refractivity contribution >= 4 is 32.6 Å². The minimum atomic E-state index is 0.453. The van der Waals surface area contributed by atoms with Gasteiger partial charge in [-0.15, -0.1) is 11.3 Å². The van der Waals surface area contributed by atoms with Crippen molar-refractivity contribution in [3.63, 3.8) is 0 Å². The minimum Gasteiger partial charge on any atom is -0.322 e. The quantitative estimate of drug-likeness (QED) is 0.584. The molecule has 96 valence electrons. The molecular formula is C15H20N2S. The summed E-state index contributed by atoms with van der Waals surface area (Å²) in [6.45, 7) is 8.65. The van der Waals surface area contributed by atoms with Crippen LogP contribution in [0.5, 0.6) is 0 Å².